The number of halogens is 1. The minimum Gasteiger partial charge on any atom is -0.326 e. The highest BCUT2D eigenvalue weighted by atomic mass is 35.5. The van der Waals surface area contributed by atoms with E-state index in [9.17, 15) is 9.59 Å². The molecule has 0 radical (unpaired) electrons. The Hall–Kier alpha value is -1.55. The van der Waals surface area contributed by atoms with E-state index in [4.69, 9.17) is 11.6 Å². The number of carbonyl (C=O) groups is 2. The van der Waals surface area contributed by atoms with Crippen molar-refractivity contribution in [1.29, 1.82) is 0 Å². The summed E-state index contributed by atoms with van der Waals surface area (Å²) in [5.74, 6) is -0.244. The zero-order valence-electron chi connectivity index (χ0n) is 9.78. The van der Waals surface area contributed by atoms with E-state index in [2.05, 4.69) is 5.32 Å². The second-order valence-electron chi connectivity index (χ2n) is 4.76. The molecule has 0 unspecified atom stereocenters. The van der Waals surface area contributed by atoms with Crippen LogP contribution in [0.25, 0.3) is 0 Å². The number of amides is 2. The minimum absolute atomic E-state index is 0.101. The fraction of sp³-hybridized carbons (Fsp3) is 0.385. The van der Waals surface area contributed by atoms with Crippen LogP contribution in [0, 0.1) is 0 Å². The third kappa shape index (κ3) is 1.86. The molecule has 3 rings (SSSR count). The fourth-order valence-electron chi connectivity index (χ4n) is 2.37. The van der Waals surface area contributed by atoms with E-state index in [0.717, 1.165) is 19.3 Å². The molecule has 1 N–H and O–H groups in total. The standard InChI is InChI=1S/C13H13ClN2O2/c14-8-4-5-11-10(6-8)13(18)16(7-12(17)15-11)9-2-1-3-9/h4-6,9H,1-3,7H2,(H,15,17). The molecule has 2 aliphatic rings. The maximum atomic E-state index is 12.4. The molecule has 1 saturated carbocycles. The Bertz CT molecular complexity index is 526. The monoisotopic (exact) mass is 264 g/mol. The van der Waals surface area contributed by atoms with Crippen LogP contribution in [0.15, 0.2) is 18.2 Å². The molecular weight excluding hydrogens is 252 g/mol. The van der Waals surface area contributed by atoms with E-state index in [1.165, 1.54) is 0 Å². The molecule has 0 spiro atoms. The summed E-state index contributed by atoms with van der Waals surface area (Å²) in [7, 11) is 0. The van der Waals surface area contributed by atoms with Crippen LogP contribution in [0.4, 0.5) is 5.69 Å². The van der Waals surface area contributed by atoms with Gasteiger partial charge in [-0.25, -0.2) is 0 Å². The number of anilines is 1. The maximum absolute atomic E-state index is 12.4. The number of benzene rings is 1. The Labute approximate surface area is 110 Å². The van der Waals surface area contributed by atoms with Crippen molar-refractivity contribution >= 4 is 29.1 Å². The molecule has 1 aromatic carbocycles. The summed E-state index contributed by atoms with van der Waals surface area (Å²) in [4.78, 5) is 25.9. The maximum Gasteiger partial charge on any atom is 0.256 e. The highest BCUT2D eigenvalue weighted by Gasteiger charge is 2.34. The fourth-order valence-corrected chi connectivity index (χ4v) is 2.54. The van der Waals surface area contributed by atoms with Crippen LogP contribution < -0.4 is 5.32 Å². The summed E-state index contributed by atoms with van der Waals surface area (Å²) in [5, 5.41) is 3.26. The molecule has 0 bridgehead atoms. The second-order valence-corrected chi connectivity index (χ2v) is 5.19. The molecule has 0 aromatic heterocycles. The van der Waals surface area contributed by atoms with Crippen molar-refractivity contribution in [2.45, 2.75) is 25.3 Å². The quantitative estimate of drug-likeness (QED) is 0.846. The van der Waals surface area contributed by atoms with Gasteiger partial charge in [0.25, 0.3) is 5.91 Å². The number of hydrogen-bond donors (Lipinski definition) is 1. The van der Waals surface area contributed by atoms with Gasteiger partial charge in [0.1, 0.15) is 6.54 Å². The van der Waals surface area contributed by atoms with Crippen LogP contribution in [-0.2, 0) is 4.79 Å². The van der Waals surface area contributed by atoms with Gasteiger partial charge in [-0.3, -0.25) is 9.59 Å². The first kappa shape index (κ1) is 11.5. The van der Waals surface area contributed by atoms with Crippen molar-refractivity contribution in [3.8, 4) is 0 Å². The molecule has 1 aliphatic heterocycles. The lowest BCUT2D eigenvalue weighted by atomic mass is 9.91. The summed E-state index contributed by atoms with van der Waals surface area (Å²) in [6.07, 6.45) is 3.09. The number of nitrogens with one attached hydrogen (secondary N) is 1. The molecule has 94 valence electrons. The molecule has 4 nitrogen and oxygen atoms in total. The Morgan fingerprint density at radius 1 is 1.28 bits per heavy atom. The van der Waals surface area contributed by atoms with Crippen molar-refractivity contribution in [2.24, 2.45) is 0 Å². The van der Waals surface area contributed by atoms with E-state index in [0.29, 0.717) is 16.3 Å². The molecule has 18 heavy (non-hydrogen) atoms. The summed E-state index contributed by atoms with van der Waals surface area (Å²) < 4.78 is 0. The molecule has 1 fully saturated rings. The van der Waals surface area contributed by atoms with Crippen LogP contribution in [0.1, 0.15) is 29.6 Å². The number of fused-ring (bicyclic) bond motifs is 1. The lowest BCUT2D eigenvalue weighted by Gasteiger charge is -2.36. The van der Waals surface area contributed by atoms with Gasteiger partial charge in [0.2, 0.25) is 5.91 Å². The smallest absolute Gasteiger partial charge is 0.256 e. The van der Waals surface area contributed by atoms with Gasteiger partial charge in [0, 0.05) is 11.1 Å². The van der Waals surface area contributed by atoms with Crippen molar-refractivity contribution < 1.29 is 9.59 Å². The zero-order valence-corrected chi connectivity index (χ0v) is 10.5. The molecular formula is C13H13ClN2O2. The van der Waals surface area contributed by atoms with Gasteiger partial charge in [0.15, 0.2) is 0 Å². The third-order valence-electron chi connectivity index (χ3n) is 3.58. The molecule has 0 atom stereocenters. The number of rotatable bonds is 1. The highest BCUT2D eigenvalue weighted by molar-refractivity contribution is 6.31. The Kier molecular flexibility index (Phi) is 2.74. The van der Waals surface area contributed by atoms with E-state index in [1.54, 1.807) is 23.1 Å². The van der Waals surface area contributed by atoms with E-state index in [-0.39, 0.29) is 24.4 Å². The average molecular weight is 265 g/mol. The zero-order chi connectivity index (χ0) is 12.7. The van der Waals surface area contributed by atoms with Crippen molar-refractivity contribution in [2.75, 3.05) is 11.9 Å². The Balaban J connectivity index is 2.02. The second kappa shape index (κ2) is 4.28. The lowest BCUT2D eigenvalue weighted by Crippen LogP contribution is -2.46. The topological polar surface area (TPSA) is 49.4 Å². The summed E-state index contributed by atoms with van der Waals surface area (Å²) >= 11 is 5.92. The lowest BCUT2D eigenvalue weighted by molar-refractivity contribution is -0.117. The van der Waals surface area contributed by atoms with Crippen LogP contribution in [0.3, 0.4) is 0 Å². The minimum atomic E-state index is -0.142. The Morgan fingerprint density at radius 3 is 2.72 bits per heavy atom. The first-order valence-electron chi connectivity index (χ1n) is 6.05. The summed E-state index contributed by atoms with van der Waals surface area (Å²) in [6.45, 7) is 0.135. The molecule has 5 heteroatoms. The molecule has 1 aromatic rings. The van der Waals surface area contributed by atoms with Gasteiger partial charge < -0.3 is 10.2 Å². The number of nitrogens with zero attached hydrogens (tertiary/aromatic N) is 1. The summed E-state index contributed by atoms with van der Waals surface area (Å²) in [6, 6.07) is 5.18. The van der Waals surface area contributed by atoms with Gasteiger partial charge in [-0.05, 0) is 37.5 Å². The van der Waals surface area contributed by atoms with Crippen molar-refractivity contribution in [1.82, 2.24) is 4.90 Å². The average Bonchev–Trinajstić information content (AvgIpc) is 2.37. The van der Waals surface area contributed by atoms with Crippen molar-refractivity contribution in [3.63, 3.8) is 0 Å². The Morgan fingerprint density at radius 2 is 2.06 bits per heavy atom. The van der Waals surface area contributed by atoms with Crippen molar-refractivity contribution in [3.05, 3.63) is 28.8 Å². The van der Waals surface area contributed by atoms with Crippen LogP contribution in [-0.4, -0.2) is 29.3 Å². The van der Waals surface area contributed by atoms with Gasteiger partial charge in [-0.1, -0.05) is 11.6 Å². The molecule has 1 aliphatic carbocycles. The van der Waals surface area contributed by atoms with Crippen LogP contribution in [0.2, 0.25) is 5.02 Å². The largest absolute Gasteiger partial charge is 0.326 e. The SMILES string of the molecule is O=C1CN(C2CCC2)C(=O)c2cc(Cl)ccc2N1. The van der Waals surface area contributed by atoms with Gasteiger partial charge in [-0.15, -0.1) is 0 Å². The van der Waals surface area contributed by atoms with E-state index >= 15 is 0 Å². The highest BCUT2D eigenvalue weighted by Crippen LogP contribution is 2.30. The van der Waals surface area contributed by atoms with Gasteiger partial charge in [-0.2, -0.15) is 0 Å². The third-order valence-corrected chi connectivity index (χ3v) is 3.81. The normalized spacial score (nSPS) is 19.9. The number of hydrogen-bond acceptors (Lipinski definition) is 2. The predicted molar refractivity (Wildman–Crippen MR) is 68.8 cm³/mol. The first-order valence-corrected chi connectivity index (χ1v) is 6.43. The van der Waals surface area contributed by atoms with Gasteiger partial charge >= 0.3 is 0 Å². The molecule has 1 heterocycles. The van der Waals surface area contributed by atoms with Crippen LogP contribution in [0.5, 0.6) is 0 Å². The first-order chi connectivity index (χ1) is 8.65. The van der Waals surface area contributed by atoms with Gasteiger partial charge in [0.05, 0.1) is 11.3 Å². The summed E-state index contributed by atoms with van der Waals surface area (Å²) in [5.41, 5.74) is 1.04. The number of carbonyl (C=O) groups excluding carboxylic acids is 2. The van der Waals surface area contributed by atoms with Crippen LogP contribution >= 0.6 is 11.6 Å². The predicted octanol–water partition coefficient (Wildman–Crippen LogP) is 2.29. The molecule has 2 amide bonds. The molecule has 0 saturated heterocycles. The van der Waals surface area contributed by atoms with E-state index < -0.39 is 0 Å². The van der Waals surface area contributed by atoms with E-state index in [1.807, 2.05) is 0 Å².